The Bertz CT molecular complexity index is 629. The third-order valence-electron chi connectivity index (χ3n) is 4.52. The van der Waals surface area contributed by atoms with Crippen molar-refractivity contribution in [3.63, 3.8) is 0 Å². The molecule has 0 saturated carbocycles. The van der Waals surface area contributed by atoms with Crippen molar-refractivity contribution in [2.45, 2.75) is 26.7 Å². The molecule has 1 saturated heterocycles. The summed E-state index contributed by atoms with van der Waals surface area (Å²) in [6.07, 6.45) is 1.99. The first-order valence-corrected chi connectivity index (χ1v) is 8.51. The number of fused-ring (bicyclic) bond motifs is 1. The lowest BCUT2D eigenvalue weighted by Gasteiger charge is -2.33. The van der Waals surface area contributed by atoms with E-state index in [2.05, 4.69) is 5.32 Å². The van der Waals surface area contributed by atoms with Gasteiger partial charge in [0.05, 0.1) is 0 Å². The largest absolute Gasteiger partial charge is 0.454 e. The molecule has 2 aliphatic heterocycles. The number of nitrogens with one attached hydrogen (secondary N) is 1. The fraction of sp³-hybridized carbons (Fsp3) is 0.556. The van der Waals surface area contributed by atoms with E-state index in [1.165, 1.54) is 0 Å². The third kappa shape index (κ3) is 3.63. The summed E-state index contributed by atoms with van der Waals surface area (Å²) in [5, 5.41) is 2.97. The quantitative estimate of drug-likeness (QED) is 0.916. The first-order chi connectivity index (χ1) is 11.5. The van der Waals surface area contributed by atoms with E-state index >= 15 is 0 Å². The second kappa shape index (κ2) is 7.11. The molecule has 2 heterocycles. The molecule has 24 heavy (non-hydrogen) atoms. The molecule has 1 atom stereocenters. The highest BCUT2D eigenvalue weighted by molar-refractivity contribution is 5.95. The smallest absolute Gasteiger partial charge is 0.254 e. The molecule has 0 aliphatic carbocycles. The number of nitrogens with zero attached hydrogens (tertiary/aromatic N) is 1. The van der Waals surface area contributed by atoms with Crippen molar-refractivity contribution >= 4 is 11.8 Å². The lowest BCUT2D eigenvalue weighted by atomic mass is 9.97. The van der Waals surface area contributed by atoms with E-state index in [9.17, 15) is 9.59 Å². The number of benzene rings is 1. The van der Waals surface area contributed by atoms with Crippen molar-refractivity contribution in [3.8, 4) is 11.5 Å². The van der Waals surface area contributed by atoms with E-state index in [4.69, 9.17) is 9.47 Å². The van der Waals surface area contributed by atoms with Crippen LogP contribution in [0.5, 0.6) is 11.5 Å². The standard InChI is InChI=1S/C18H24N2O4/c1-12(2)17(21)19-9-13-4-3-7-20(10-13)18(22)14-5-6-15-16(8-14)24-11-23-15/h5-6,8,12-13H,3-4,7,9-11H2,1-2H3,(H,19,21)/t13-/m1/s1. The maximum atomic E-state index is 12.7. The van der Waals surface area contributed by atoms with Crippen molar-refractivity contribution in [2.75, 3.05) is 26.4 Å². The van der Waals surface area contributed by atoms with Gasteiger partial charge in [-0.05, 0) is 37.0 Å². The van der Waals surface area contributed by atoms with Crippen LogP contribution in [0.4, 0.5) is 0 Å². The summed E-state index contributed by atoms with van der Waals surface area (Å²) in [6.45, 7) is 6.02. The van der Waals surface area contributed by atoms with Crippen LogP contribution < -0.4 is 14.8 Å². The molecule has 6 nitrogen and oxygen atoms in total. The fourth-order valence-corrected chi connectivity index (χ4v) is 3.08. The van der Waals surface area contributed by atoms with Gasteiger partial charge in [0.1, 0.15) is 0 Å². The zero-order valence-electron chi connectivity index (χ0n) is 14.2. The molecular formula is C18H24N2O4. The highest BCUT2D eigenvalue weighted by Gasteiger charge is 2.26. The van der Waals surface area contributed by atoms with Gasteiger partial charge < -0.3 is 19.7 Å². The normalized spacial score (nSPS) is 19.5. The Kier molecular flexibility index (Phi) is 4.92. The van der Waals surface area contributed by atoms with Gasteiger partial charge in [0.2, 0.25) is 12.7 Å². The number of rotatable bonds is 4. The summed E-state index contributed by atoms with van der Waals surface area (Å²) in [5.74, 6) is 1.67. The van der Waals surface area contributed by atoms with Crippen molar-refractivity contribution in [2.24, 2.45) is 11.8 Å². The SMILES string of the molecule is CC(C)C(=O)NC[C@H]1CCCN(C(=O)c2ccc3c(c2)OCO3)C1. The summed E-state index contributed by atoms with van der Waals surface area (Å²) in [5.41, 5.74) is 0.617. The zero-order valence-corrected chi connectivity index (χ0v) is 14.2. The fourth-order valence-electron chi connectivity index (χ4n) is 3.08. The molecule has 0 radical (unpaired) electrons. The Balaban J connectivity index is 1.60. The van der Waals surface area contributed by atoms with E-state index < -0.39 is 0 Å². The molecule has 2 aliphatic rings. The van der Waals surface area contributed by atoms with E-state index in [-0.39, 0.29) is 24.5 Å². The van der Waals surface area contributed by atoms with Crippen LogP contribution in [-0.4, -0.2) is 43.1 Å². The Morgan fingerprint density at radius 3 is 2.88 bits per heavy atom. The van der Waals surface area contributed by atoms with Crippen LogP contribution in [0.3, 0.4) is 0 Å². The van der Waals surface area contributed by atoms with E-state index in [0.29, 0.717) is 36.1 Å². The van der Waals surface area contributed by atoms with Gasteiger partial charge in [-0.1, -0.05) is 13.8 Å². The second-order valence-corrected chi connectivity index (χ2v) is 6.73. The molecule has 1 N–H and O–H groups in total. The minimum absolute atomic E-state index is 0.00758. The molecule has 0 aromatic heterocycles. The molecular weight excluding hydrogens is 308 g/mol. The van der Waals surface area contributed by atoms with Gasteiger partial charge in [-0.2, -0.15) is 0 Å². The van der Waals surface area contributed by atoms with Crippen LogP contribution in [0.1, 0.15) is 37.0 Å². The number of amides is 2. The Morgan fingerprint density at radius 1 is 1.29 bits per heavy atom. The van der Waals surface area contributed by atoms with Crippen LogP contribution >= 0.6 is 0 Å². The third-order valence-corrected chi connectivity index (χ3v) is 4.52. The van der Waals surface area contributed by atoms with Gasteiger partial charge >= 0.3 is 0 Å². The second-order valence-electron chi connectivity index (χ2n) is 6.73. The van der Waals surface area contributed by atoms with Gasteiger partial charge in [0.15, 0.2) is 11.5 Å². The molecule has 2 amide bonds. The first-order valence-electron chi connectivity index (χ1n) is 8.51. The highest BCUT2D eigenvalue weighted by Crippen LogP contribution is 2.33. The molecule has 6 heteroatoms. The summed E-state index contributed by atoms with van der Waals surface area (Å²) >= 11 is 0. The predicted octanol–water partition coefficient (Wildman–Crippen LogP) is 2.04. The molecule has 130 valence electrons. The average Bonchev–Trinajstić information content (AvgIpc) is 3.06. The minimum atomic E-state index is -0.0139. The number of carbonyl (C=O) groups is 2. The summed E-state index contributed by atoms with van der Waals surface area (Å²) in [6, 6.07) is 5.30. The first kappa shape index (κ1) is 16.6. The van der Waals surface area contributed by atoms with Crippen molar-refractivity contribution < 1.29 is 19.1 Å². The number of piperidine rings is 1. The summed E-state index contributed by atoms with van der Waals surface area (Å²) in [4.78, 5) is 26.3. The molecule has 1 aromatic carbocycles. The predicted molar refractivity (Wildman–Crippen MR) is 89.0 cm³/mol. The van der Waals surface area contributed by atoms with Crippen LogP contribution in [0.25, 0.3) is 0 Å². The number of ether oxygens (including phenoxy) is 2. The lowest BCUT2D eigenvalue weighted by Crippen LogP contribution is -2.44. The highest BCUT2D eigenvalue weighted by atomic mass is 16.7. The number of hydrogen-bond acceptors (Lipinski definition) is 4. The molecule has 3 rings (SSSR count). The number of hydrogen-bond donors (Lipinski definition) is 1. The van der Waals surface area contributed by atoms with Crippen LogP contribution in [0, 0.1) is 11.8 Å². The van der Waals surface area contributed by atoms with Gasteiger partial charge in [-0.25, -0.2) is 0 Å². The van der Waals surface area contributed by atoms with E-state index in [0.717, 1.165) is 19.4 Å². The summed E-state index contributed by atoms with van der Waals surface area (Å²) < 4.78 is 10.6. The Labute approximate surface area is 142 Å². The van der Waals surface area contributed by atoms with Crippen LogP contribution in [-0.2, 0) is 4.79 Å². The van der Waals surface area contributed by atoms with Crippen molar-refractivity contribution in [1.29, 1.82) is 0 Å². The van der Waals surface area contributed by atoms with Crippen molar-refractivity contribution in [3.05, 3.63) is 23.8 Å². The molecule has 0 unspecified atom stereocenters. The van der Waals surface area contributed by atoms with E-state index in [1.54, 1.807) is 18.2 Å². The van der Waals surface area contributed by atoms with Gasteiger partial charge in [-0.3, -0.25) is 9.59 Å². The van der Waals surface area contributed by atoms with Crippen LogP contribution in [0.2, 0.25) is 0 Å². The van der Waals surface area contributed by atoms with Gasteiger partial charge in [0.25, 0.3) is 5.91 Å². The maximum Gasteiger partial charge on any atom is 0.254 e. The van der Waals surface area contributed by atoms with E-state index in [1.807, 2.05) is 18.7 Å². The zero-order chi connectivity index (χ0) is 17.1. The monoisotopic (exact) mass is 332 g/mol. The Morgan fingerprint density at radius 2 is 2.08 bits per heavy atom. The average molecular weight is 332 g/mol. The molecule has 1 aromatic rings. The molecule has 0 bridgehead atoms. The lowest BCUT2D eigenvalue weighted by molar-refractivity contribution is -0.124. The van der Waals surface area contributed by atoms with Crippen LogP contribution in [0.15, 0.2) is 18.2 Å². The minimum Gasteiger partial charge on any atom is -0.454 e. The Hall–Kier alpha value is -2.24. The van der Waals surface area contributed by atoms with Gasteiger partial charge in [0, 0.05) is 31.1 Å². The molecule has 1 fully saturated rings. The summed E-state index contributed by atoms with van der Waals surface area (Å²) in [7, 11) is 0. The van der Waals surface area contributed by atoms with Gasteiger partial charge in [-0.15, -0.1) is 0 Å². The number of likely N-dealkylation sites (tertiary alicyclic amines) is 1. The maximum absolute atomic E-state index is 12.7. The number of carbonyl (C=O) groups excluding carboxylic acids is 2. The van der Waals surface area contributed by atoms with Crippen molar-refractivity contribution in [1.82, 2.24) is 10.2 Å². The topological polar surface area (TPSA) is 67.9 Å². The molecule has 0 spiro atoms.